The molecule has 1 N–H and O–H groups in total. The van der Waals surface area contributed by atoms with E-state index in [1.807, 2.05) is 0 Å². The normalized spacial score (nSPS) is 21.1. The van der Waals surface area contributed by atoms with E-state index in [1.54, 1.807) is 11.8 Å². The van der Waals surface area contributed by atoms with E-state index >= 15 is 0 Å². The molecule has 2 heterocycles. The van der Waals surface area contributed by atoms with Crippen LogP contribution in [0.3, 0.4) is 0 Å². The number of aliphatic carboxylic acids is 1. The second kappa shape index (κ2) is 5.81. The molecule has 19 heavy (non-hydrogen) atoms. The van der Waals surface area contributed by atoms with E-state index < -0.39 is 12.0 Å². The Morgan fingerprint density at radius 1 is 1.53 bits per heavy atom. The number of aromatic nitrogens is 3. The third kappa shape index (κ3) is 3.30. The van der Waals surface area contributed by atoms with Gasteiger partial charge in [0.05, 0.1) is 0 Å². The number of amides is 1. The second-order valence-electron chi connectivity index (χ2n) is 4.94. The molecule has 0 bridgehead atoms. The number of carboxylic acids is 1. The zero-order chi connectivity index (χ0) is 13.8. The lowest BCUT2D eigenvalue weighted by Gasteiger charge is -2.33. The van der Waals surface area contributed by atoms with E-state index in [-0.39, 0.29) is 18.2 Å². The Kier molecular flexibility index (Phi) is 4.13. The monoisotopic (exact) mass is 266 g/mol. The van der Waals surface area contributed by atoms with Gasteiger partial charge >= 0.3 is 5.97 Å². The Balaban J connectivity index is 1.97. The molecule has 1 aliphatic rings. The fourth-order valence-corrected chi connectivity index (χ4v) is 2.47. The third-order valence-corrected chi connectivity index (χ3v) is 3.48. The molecular weight excluding hydrogens is 248 g/mol. The molecule has 1 aromatic heterocycles. The lowest BCUT2D eigenvalue weighted by molar-refractivity contribution is -0.141. The number of nitrogens with zero attached hydrogens (tertiary/aromatic N) is 4. The molecule has 0 saturated carbocycles. The van der Waals surface area contributed by atoms with Crippen LogP contribution in [0.15, 0.2) is 12.7 Å². The van der Waals surface area contributed by atoms with Gasteiger partial charge in [0.15, 0.2) is 0 Å². The smallest absolute Gasteiger partial charge is 0.303 e. The van der Waals surface area contributed by atoms with E-state index in [9.17, 15) is 9.59 Å². The second-order valence-corrected chi connectivity index (χ2v) is 4.94. The number of hydrogen-bond donors (Lipinski definition) is 1. The van der Waals surface area contributed by atoms with E-state index in [0.29, 0.717) is 13.1 Å². The van der Waals surface area contributed by atoms with Crippen molar-refractivity contribution in [2.24, 2.45) is 5.92 Å². The summed E-state index contributed by atoms with van der Waals surface area (Å²) in [6.45, 7) is 2.98. The van der Waals surface area contributed by atoms with Crippen LogP contribution in [0.1, 0.15) is 32.2 Å². The number of carbonyl (C=O) groups is 2. The van der Waals surface area contributed by atoms with Gasteiger partial charge in [0.1, 0.15) is 18.7 Å². The first-order valence-electron chi connectivity index (χ1n) is 6.42. The Morgan fingerprint density at radius 2 is 2.32 bits per heavy atom. The highest BCUT2D eigenvalue weighted by atomic mass is 16.4. The predicted molar refractivity (Wildman–Crippen MR) is 66.3 cm³/mol. The van der Waals surface area contributed by atoms with E-state index in [2.05, 4.69) is 10.1 Å². The maximum Gasteiger partial charge on any atom is 0.303 e. The lowest BCUT2D eigenvalue weighted by atomic mass is 9.94. The quantitative estimate of drug-likeness (QED) is 0.859. The Morgan fingerprint density at radius 3 is 2.95 bits per heavy atom. The molecule has 1 aromatic rings. The van der Waals surface area contributed by atoms with Gasteiger partial charge in [-0.3, -0.25) is 9.59 Å². The Hall–Kier alpha value is -1.92. The van der Waals surface area contributed by atoms with Gasteiger partial charge in [0.2, 0.25) is 5.91 Å². The van der Waals surface area contributed by atoms with Crippen LogP contribution in [0.2, 0.25) is 0 Å². The summed E-state index contributed by atoms with van der Waals surface area (Å²) >= 11 is 0. The Labute approximate surface area is 111 Å². The summed E-state index contributed by atoms with van der Waals surface area (Å²) in [5, 5.41) is 12.8. The SMILES string of the molecule is CC(C(=O)N1CCCC(CC(=O)O)C1)n1cncn1. The highest BCUT2D eigenvalue weighted by molar-refractivity contribution is 5.80. The van der Waals surface area contributed by atoms with Crippen LogP contribution >= 0.6 is 0 Å². The molecule has 0 radical (unpaired) electrons. The van der Waals surface area contributed by atoms with E-state index in [1.165, 1.54) is 17.3 Å². The summed E-state index contributed by atoms with van der Waals surface area (Å²) < 4.78 is 1.52. The first kappa shape index (κ1) is 13.5. The van der Waals surface area contributed by atoms with Crippen LogP contribution in [0.5, 0.6) is 0 Å². The summed E-state index contributed by atoms with van der Waals surface area (Å²) in [6, 6.07) is -0.397. The molecule has 1 fully saturated rings. The lowest BCUT2D eigenvalue weighted by Crippen LogP contribution is -2.43. The van der Waals surface area contributed by atoms with Gasteiger partial charge in [-0.2, -0.15) is 5.10 Å². The molecule has 1 amide bonds. The van der Waals surface area contributed by atoms with Crippen LogP contribution < -0.4 is 0 Å². The van der Waals surface area contributed by atoms with Crippen LogP contribution in [0.25, 0.3) is 0 Å². The predicted octanol–water partition coefficient (Wildman–Crippen LogP) is 0.552. The first-order valence-corrected chi connectivity index (χ1v) is 6.42. The molecule has 7 heteroatoms. The molecule has 104 valence electrons. The highest BCUT2D eigenvalue weighted by Gasteiger charge is 2.28. The number of likely N-dealkylation sites (tertiary alicyclic amines) is 1. The minimum absolute atomic E-state index is 0.0272. The van der Waals surface area contributed by atoms with Crippen molar-refractivity contribution in [3.63, 3.8) is 0 Å². The topological polar surface area (TPSA) is 88.3 Å². The minimum Gasteiger partial charge on any atom is -0.481 e. The summed E-state index contributed by atoms with van der Waals surface area (Å²) in [4.78, 5) is 28.6. The highest BCUT2D eigenvalue weighted by Crippen LogP contribution is 2.21. The van der Waals surface area contributed by atoms with Crippen molar-refractivity contribution in [1.29, 1.82) is 0 Å². The van der Waals surface area contributed by atoms with Gasteiger partial charge in [-0.15, -0.1) is 0 Å². The van der Waals surface area contributed by atoms with Crippen LogP contribution in [0.4, 0.5) is 0 Å². The number of piperidine rings is 1. The van der Waals surface area contributed by atoms with Crippen molar-refractivity contribution in [2.75, 3.05) is 13.1 Å². The number of carboxylic acid groups (broad SMARTS) is 1. The summed E-state index contributed by atoms with van der Waals surface area (Å²) in [5.41, 5.74) is 0. The third-order valence-electron chi connectivity index (χ3n) is 3.48. The molecule has 1 saturated heterocycles. The van der Waals surface area contributed by atoms with E-state index in [0.717, 1.165) is 12.8 Å². The van der Waals surface area contributed by atoms with Gasteiger partial charge in [0, 0.05) is 19.5 Å². The average Bonchev–Trinajstić information content (AvgIpc) is 2.90. The summed E-state index contributed by atoms with van der Waals surface area (Å²) in [5.74, 6) is -0.776. The van der Waals surface area contributed by atoms with Gasteiger partial charge < -0.3 is 10.0 Å². The largest absolute Gasteiger partial charge is 0.481 e. The van der Waals surface area contributed by atoms with Crippen molar-refractivity contribution >= 4 is 11.9 Å². The maximum atomic E-state index is 12.3. The molecular formula is C12H18N4O3. The van der Waals surface area contributed by atoms with Crippen molar-refractivity contribution in [3.05, 3.63) is 12.7 Å². The molecule has 0 aromatic carbocycles. The van der Waals surface area contributed by atoms with Gasteiger partial charge in [-0.1, -0.05) is 0 Å². The van der Waals surface area contributed by atoms with Crippen molar-refractivity contribution in [1.82, 2.24) is 19.7 Å². The van der Waals surface area contributed by atoms with Crippen molar-refractivity contribution in [2.45, 2.75) is 32.2 Å². The zero-order valence-corrected chi connectivity index (χ0v) is 10.9. The minimum atomic E-state index is -0.802. The van der Waals surface area contributed by atoms with Gasteiger partial charge in [-0.05, 0) is 25.7 Å². The molecule has 1 aliphatic heterocycles. The fraction of sp³-hybridized carbons (Fsp3) is 0.667. The Bertz CT molecular complexity index is 446. The van der Waals surface area contributed by atoms with Crippen LogP contribution in [-0.2, 0) is 9.59 Å². The average molecular weight is 266 g/mol. The standard InChI is InChI=1S/C12H18N4O3/c1-9(16-8-13-7-14-16)12(19)15-4-2-3-10(6-15)5-11(17)18/h7-10H,2-6H2,1H3,(H,17,18). The summed E-state index contributed by atoms with van der Waals surface area (Å²) in [6.07, 6.45) is 4.76. The van der Waals surface area contributed by atoms with Crippen LogP contribution in [-0.4, -0.2) is 49.7 Å². The molecule has 2 unspecified atom stereocenters. The number of rotatable bonds is 4. The fourth-order valence-electron chi connectivity index (χ4n) is 2.47. The first-order chi connectivity index (χ1) is 9.08. The number of hydrogen-bond acceptors (Lipinski definition) is 4. The molecule has 0 spiro atoms. The summed E-state index contributed by atoms with van der Waals surface area (Å²) in [7, 11) is 0. The number of carbonyl (C=O) groups excluding carboxylic acids is 1. The van der Waals surface area contributed by atoms with Crippen LogP contribution in [0, 0.1) is 5.92 Å². The molecule has 2 rings (SSSR count). The molecule has 0 aliphatic carbocycles. The van der Waals surface area contributed by atoms with Gasteiger partial charge in [0.25, 0.3) is 0 Å². The van der Waals surface area contributed by atoms with Crippen molar-refractivity contribution in [3.8, 4) is 0 Å². The molecule has 2 atom stereocenters. The van der Waals surface area contributed by atoms with Gasteiger partial charge in [-0.25, -0.2) is 9.67 Å². The van der Waals surface area contributed by atoms with E-state index in [4.69, 9.17) is 5.11 Å². The zero-order valence-electron chi connectivity index (χ0n) is 10.9. The molecule has 7 nitrogen and oxygen atoms in total. The maximum absolute atomic E-state index is 12.3. The van der Waals surface area contributed by atoms with Crippen molar-refractivity contribution < 1.29 is 14.7 Å².